The molecule has 13 nitrogen and oxygen atoms in total. The van der Waals surface area contributed by atoms with Crippen molar-refractivity contribution in [3.8, 4) is 0 Å². The average Bonchev–Trinajstić information content (AvgIpc) is 3.22. The molecular weight excluding hydrogens is 492 g/mol. The van der Waals surface area contributed by atoms with Gasteiger partial charge in [0.05, 0.1) is 0 Å². The number of anilines is 1. The van der Waals surface area contributed by atoms with Gasteiger partial charge < -0.3 is 20.8 Å². The SMILES string of the molecule is CON=C(C(=O)N[C@@H]1C(=O)N2C=C(CSc3nc(=O)c(=O)[nH]n3C)CS[C@H]12)c1csc(N)n1. The Hall–Kier alpha value is -3.11. The number of rotatable bonds is 7. The van der Waals surface area contributed by atoms with Gasteiger partial charge in [-0.15, -0.1) is 23.1 Å². The van der Waals surface area contributed by atoms with Crippen LogP contribution in [-0.2, 0) is 21.5 Å². The quantitative estimate of drug-likeness (QED) is 0.137. The first-order valence-electron chi connectivity index (χ1n) is 9.35. The molecule has 2 aliphatic heterocycles. The Morgan fingerprint density at radius 3 is 2.91 bits per heavy atom. The fourth-order valence-corrected chi connectivity index (χ4v) is 5.91. The van der Waals surface area contributed by atoms with E-state index < -0.39 is 23.1 Å². The number of nitrogen functional groups attached to an aromatic ring is 1. The number of aromatic amines is 1. The van der Waals surface area contributed by atoms with Gasteiger partial charge in [-0.3, -0.25) is 29.0 Å². The Morgan fingerprint density at radius 1 is 1.42 bits per heavy atom. The van der Waals surface area contributed by atoms with Crippen LogP contribution < -0.4 is 22.2 Å². The van der Waals surface area contributed by atoms with Crippen molar-refractivity contribution < 1.29 is 14.4 Å². The van der Waals surface area contributed by atoms with Crippen LogP contribution in [0.5, 0.6) is 0 Å². The second kappa shape index (κ2) is 9.40. The summed E-state index contributed by atoms with van der Waals surface area (Å²) < 4.78 is 1.38. The highest BCUT2D eigenvalue weighted by atomic mass is 32.2. The summed E-state index contributed by atoms with van der Waals surface area (Å²) in [7, 11) is 2.89. The van der Waals surface area contributed by atoms with Crippen molar-refractivity contribution >= 4 is 57.5 Å². The third kappa shape index (κ3) is 4.67. The lowest BCUT2D eigenvalue weighted by molar-refractivity contribution is -0.143. The highest BCUT2D eigenvalue weighted by molar-refractivity contribution is 8.01. The Balaban J connectivity index is 1.39. The number of thioether (sulfide) groups is 2. The Labute approximate surface area is 198 Å². The van der Waals surface area contributed by atoms with Crippen LogP contribution in [0.1, 0.15) is 5.69 Å². The number of nitrogens with two attached hydrogens (primary N) is 1. The van der Waals surface area contributed by atoms with E-state index in [1.165, 1.54) is 35.3 Å². The molecule has 2 aromatic rings. The Bertz CT molecular complexity index is 1280. The molecular formula is C17H18N8O5S3. The van der Waals surface area contributed by atoms with E-state index in [4.69, 9.17) is 10.6 Å². The number of hydrogen-bond acceptors (Lipinski definition) is 12. The number of amides is 2. The number of nitrogens with zero attached hydrogens (tertiary/aromatic N) is 5. The fourth-order valence-electron chi connectivity index (χ4n) is 3.09. The highest BCUT2D eigenvalue weighted by Gasteiger charge is 2.49. The van der Waals surface area contributed by atoms with Gasteiger partial charge in [-0.05, 0) is 5.57 Å². The first-order valence-corrected chi connectivity index (χ1v) is 12.3. The molecule has 4 heterocycles. The summed E-state index contributed by atoms with van der Waals surface area (Å²) in [6.45, 7) is 0. The van der Waals surface area contributed by atoms with Gasteiger partial charge in [-0.25, -0.2) is 4.98 Å². The predicted octanol–water partition coefficient (Wildman–Crippen LogP) is -1.07. The van der Waals surface area contributed by atoms with Crippen molar-refractivity contribution in [2.24, 2.45) is 12.2 Å². The van der Waals surface area contributed by atoms with Crippen LogP contribution >= 0.6 is 34.9 Å². The minimum Gasteiger partial charge on any atom is -0.398 e. The number of fused-ring (bicyclic) bond motifs is 1. The zero-order chi connectivity index (χ0) is 23.7. The lowest BCUT2D eigenvalue weighted by Gasteiger charge is -2.47. The van der Waals surface area contributed by atoms with Crippen LogP contribution in [0.3, 0.4) is 0 Å². The molecule has 33 heavy (non-hydrogen) atoms. The average molecular weight is 511 g/mol. The van der Waals surface area contributed by atoms with E-state index in [1.807, 2.05) is 0 Å². The number of aromatic nitrogens is 4. The zero-order valence-electron chi connectivity index (χ0n) is 17.3. The minimum atomic E-state index is -0.851. The van der Waals surface area contributed by atoms with Crippen LogP contribution in [-0.4, -0.2) is 72.2 Å². The lowest BCUT2D eigenvalue weighted by Crippen LogP contribution is -2.69. The van der Waals surface area contributed by atoms with Gasteiger partial charge in [0.1, 0.15) is 24.2 Å². The molecule has 0 aliphatic carbocycles. The second-order valence-electron chi connectivity index (χ2n) is 6.87. The van der Waals surface area contributed by atoms with E-state index in [1.54, 1.807) is 23.5 Å². The maximum atomic E-state index is 12.7. The summed E-state index contributed by atoms with van der Waals surface area (Å²) in [6.07, 6.45) is 1.74. The molecule has 0 radical (unpaired) electrons. The number of thiazole rings is 1. The van der Waals surface area contributed by atoms with Gasteiger partial charge in [0, 0.05) is 30.1 Å². The number of carbonyl (C=O) groups excluding carboxylic acids is 2. The molecule has 2 aromatic heterocycles. The molecule has 174 valence electrons. The number of β-lactam (4-membered cyclic amide) rings is 1. The number of hydrogen-bond donors (Lipinski definition) is 3. The summed E-state index contributed by atoms with van der Waals surface area (Å²) in [4.78, 5) is 62.3. The fraction of sp³-hybridized carbons (Fsp3) is 0.353. The van der Waals surface area contributed by atoms with Crippen molar-refractivity contribution in [1.29, 1.82) is 0 Å². The monoisotopic (exact) mass is 510 g/mol. The van der Waals surface area contributed by atoms with Gasteiger partial charge in [0.2, 0.25) is 0 Å². The van der Waals surface area contributed by atoms with Gasteiger partial charge >= 0.3 is 11.1 Å². The molecule has 0 spiro atoms. The molecule has 0 saturated carbocycles. The van der Waals surface area contributed by atoms with E-state index in [0.29, 0.717) is 16.7 Å². The standard InChI is InChI=1S/C17H18N8O5S3/c1-24-17(21-12(27)13(28)22-24)33-5-7-3-25-14(29)10(15(25)31-4-7)20-11(26)9(23-30-2)8-6-32-16(18)19-8/h3,6,10,15H,4-5H2,1-2H3,(H2,18,19)(H,20,26)(H,22,28)/t10-,15-/m1/s1. The molecule has 4 rings (SSSR count). The number of oxime groups is 1. The largest absolute Gasteiger partial charge is 0.398 e. The lowest BCUT2D eigenvalue weighted by atomic mass is 10.1. The molecule has 2 atom stereocenters. The van der Waals surface area contributed by atoms with Gasteiger partial charge in [0.25, 0.3) is 11.8 Å². The highest BCUT2D eigenvalue weighted by Crippen LogP contribution is 2.37. The van der Waals surface area contributed by atoms with Crippen LogP contribution in [0.4, 0.5) is 5.13 Å². The summed E-state index contributed by atoms with van der Waals surface area (Å²) in [5, 5.41) is 10.8. The summed E-state index contributed by atoms with van der Waals surface area (Å²) in [6, 6.07) is -0.715. The summed E-state index contributed by atoms with van der Waals surface area (Å²) >= 11 is 3.93. The smallest absolute Gasteiger partial charge is 0.339 e. The molecule has 2 aliphatic rings. The minimum absolute atomic E-state index is 0.0656. The number of carbonyl (C=O) groups is 2. The molecule has 2 amide bonds. The first kappa shape index (κ1) is 23.1. The predicted molar refractivity (Wildman–Crippen MR) is 124 cm³/mol. The molecule has 4 N–H and O–H groups in total. The van der Waals surface area contributed by atoms with Crippen molar-refractivity contribution in [2.45, 2.75) is 16.6 Å². The number of H-pyrrole nitrogens is 1. The normalized spacial score (nSPS) is 20.1. The summed E-state index contributed by atoms with van der Waals surface area (Å²) in [5.41, 5.74) is 5.14. The van der Waals surface area contributed by atoms with E-state index in [9.17, 15) is 19.2 Å². The van der Waals surface area contributed by atoms with Crippen molar-refractivity contribution in [2.75, 3.05) is 24.3 Å². The van der Waals surface area contributed by atoms with Crippen molar-refractivity contribution in [3.63, 3.8) is 0 Å². The molecule has 1 fully saturated rings. The number of nitrogens with one attached hydrogen (secondary N) is 2. The maximum absolute atomic E-state index is 12.7. The number of aryl methyl sites for hydroxylation is 1. The third-order valence-electron chi connectivity index (χ3n) is 4.62. The first-order chi connectivity index (χ1) is 15.8. The van der Waals surface area contributed by atoms with Crippen molar-refractivity contribution in [1.82, 2.24) is 30.0 Å². The van der Waals surface area contributed by atoms with Gasteiger partial charge in [-0.2, -0.15) is 4.98 Å². The zero-order valence-corrected chi connectivity index (χ0v) is 19.8. The van der Waals surface area contributed by atoms with Gasteiger partial charge in [-0.1, -0.05) is 16.9 Å². The van der Waals surface area contributed by atoms with Crippen molar-refractivity contribution in [3.05, 3.63) is 43.6 Å². The van der Waals surface area contributed by atoms with E-state index in [-0.39, 0.29) is 27.8 Å². The molecule has 0 bridgehead atoms. The van der Waals surface area contributed by atoms with Crippen LogP contribution in [0.25, 0.3) is 0 Å². The Kier molecular flexibility index (Phi) is 6.57. The molecule has 0 aromatic carbocycles. The molecule has 16 heteroatoms. The van der Waals surface area contributed by atoms with Gasteiger partial charge in [0.15, 0.2) is 16.0 Å². The van der Waals surface area contributed by atoms with E-state index >= 15 is 0 Å². The van der Waals surface area contributed by atoms with E-state index in [2.05, 4.69) is 25.5 Å². The van der Waals surface area contributed by atoms with Crippen LogP contribution in [0.2, 0.25) is 0 Å². The topological polar surface area (TPSA) is 178 Å². The maximum Gasteiger partial charge on any atom is 0.339 e. The van der Waals surface area contributed by atoms with E-state index in [0.717, 1.165) is 16.9 Å². The third-order valence-corrected chi connectivity index (χ3v) is 7.81. The molecule has 0 unspecified atom stereocenters. The summed E-state index contributed by atoms with van der Waals surface area (Å²) in [5.74, 6) is 0.249. The van der Waals surface area contributed by atoms with Crippen LogP contribution in [0, 0.1) is 0 Å². The second-order valence-corrected chi connectivity index (χ2v) is 9.80. The van der Waals surface area contributed by atoms with Crippen LogP contribution in [0.15, 0.2) is 37.1 Å². The Morgan fingerprint density at radius 2 is 2.21 bits per heavy atom. The molecule has 1 saturated heterocycles.